The van der Waals surface area contributed by atoms with E-state index in [1.807, 2.05) is 65.9 Å². The van der Waals surface area contributed by atoms with E-state index in [2.05, 4.69) is 67.7 Å². The molecule has 0 bridgehead atoms. The van der Waals surface area contributed by atoms with Gasteiger partial charge in [0.2, 0.25) is 0 Å². The van der Waals surface area contributed by atoms with E-state index in [-0.39, 0.29) is 0 Å². The van der Waals surface area contributed by atoms with E-state index in [0.717, 1.165) is 44.7 Å². The number of nitrogens with one attached hydrogen (secondary N) is 3. The fourth-order valence-corrected chi connectivity index (χ4v) is 4.14. The van der Waals surface area contributed by atoms with E-state index in [0.29, 0.717) is 0 Å². The van der Waals surface area contributed by atoms with E-state index in [9.17, 15) is 0 Å². The molecule has 0 amide bonds. The van der Waals surface area contributed by atoms with E-state index in [4.69, 9.17) is 4.98 Å². The molecule has 0 spiro atoms. The SMILES string of the molecule is CN/C=C\Nc1ccc2c(c1)c1cccnc1n2-c1cc(-n2ccnc2)cc(-n2cc[nH]2)c1. The molecule has 0 atom stereocenters. The molecule has 0 saturated heterocycles. The van der Waals surface area contributed by atoms with Gasteiger partial charge in [-0.2, -0.15) is 0 Å². The van der Waals surface area contributed by atoms with Crippen LogP contribution >= 0.6 is 0 Å². The van der Waals surface area contributed by atoms with E-state index in [1.165, 1.54) is 0 Å². The maximum Gasteiger partial charge on any atom is 0.145 e. The first-order valence-corrected chi connectivity index (χ1v) is 10.7. The smallest absolute Gasteiger partial charge is 0.145 e. The molecule has 8 nitrogen and oxygen atoms in total. The van der Waals surface area contributed by atoms with E-state index >= 15 is 0 Å². The van der Waals surface area contributed by atoms with Crippen molar-refractivity contribution in [3.05, 3.63) is 98.2 Å². The molecule has 2 aromatic carbocycles. The van der Waals surface area contributed by atoms with Crippen LogP contribution in [0.5, 0.6) is 0 Å². The second-order valence-electron chi connectivity index (χ2n) is 7.70. The Morgan fingerprint density at radius 2 is 1.79 bits per heavy atom. The summed E-state index contributed by atoms with van der Waals surface area (Å²) in [7, 11) is 1.87. The Bertz CT molecular complexity index is 1570. The van der Waals surface area contributed by atoms with Crippen LogP contribution in [0.25, 0.3) is 39.0 Å². The van der Waals surface area contributed by atoms with Crippen LogP contribution in [0.4, 0.5) is 5.69 Å². The Morgan fingerprint density at radius 1 is 0.909 bits per heavy atom. The first kappa shape index (κ1) is 19.0. The zero-order chi connectivity index (χ0) is 22.2. The summed E-state index contributed by atoms with van der Waals surface area (Å²) in [6.45, 7) is 0. The number of hydrogen-bond acceptors (Lipinski definition) is 4. The molecule has 6 rings (SSSR count). The number of aromatic nitrogens is 6. The molecule has 33 heavy (non-hydrogen) atoms. The summed E-state index contributed by atoms with van der Waals surface area (Å²) >= 11 is 0. The van der Waals surface area contributed by atoms with Crippen LogP contribution < -0.4 is 10.6 Å². The number of nitrogens with zero attached hydrogens (tertiary/aromatic N) is 5. The van der Waals surface area contributed by atoms with Crippen LogP contribution in [0.2, 0.25) is 0 Å². The summed E-state index contributed by atoms with van der Waals surface area (Å²) in [4.78, 5) is 8.98. The third-order valence-corrected chi connectivity index (χ3v) is 5.69. The topological polar surface area (TPSA) is 80.4 Å². The first-order chi connectivity index (χ1) is 16.3. The number of imidazole rings is 1. The Hall–Kier alpha value is -4.72. The first-order valence-electron chi connectivity index (χ1n) is 10.7. The molecule has 0 unspecified atom stereocenters. The second kappa shape index (κ2) is 7.76. The van der Waals surface area contributed by atoms with Gasteiger partial charge in [-0.25, -0.2) is 9.97 Å². The van der Waals surface area contributed by atoms with Crippen molar-refractivity contribution in [3.63, 3.8) is 0 Å². The minimum absolute atomic E-state index is 0.913. The molecule has 0 aliphatic heterocycles. The highest BCUT2D eigenvalue weighted by atomic mass is 15.3. The molecule has 0 radical (unpaired) electrons. The summed E-state index contributed by atoms with van der Waals surface area (Å²) in [5.41, 5.74) is 6.08. The van der Waals surface area contributed by atoms with Crippen molar-refractivity contribution >= 4 is 27.6 Å². The lowest BCUT2D eigenvalue weighted by molar-refractivity contribution is 0.783. The highest BCUT2D eigenvalue weighted by molar-refractivity contribution is 6.09. The molecule has 0 aliphatic carbocycles. The highest BCUT2D eigenvalue weighted by Crippen LogP contribution is 2.34. The molecule has 4 heterocycles. The number of aromatic amines is 1. The van der Waals surface area contributed by atoms with E-state index < -0.39 is 0 Å². The highest BCUT2D eigenvalue weighted by Gasteiger charge is 2.15. The predicted octanol–water partition coefficient (Wildman–Crippen LogP) is 4.59. The number of H-pyrrole nitrogens is 1. The molecule has 0 aliphatic rings. The van der Waals surface area contributed by atoms with E-state index in [1.54, 1.807) is 6.20 Å². The maximum absolute atomic E-state index is 4.76. The van der Waals surface area contributed by atoms with Crippen molar-refractivity contribution < 1.29 is 0 Å². The van der Waals surface area contributed by atoms with Crippen molar-refractivity contribution in [2.75, 3.05) is 12.4 Å². The molecule has 4 aromatic heterocycles. The van der Waals surface area contributed by atoms with Gasteiger partial charge in [0.05, 0.1) is 28.9 Å². The van der Waals surface area contributed by atoms with Gasteiger partial charge in [0.25, 0.3) is 0 Å². The lowest BCUT2D eigenvalue weighted by atomic mass is 10.2. The van der Waals surface area contributed by atoms with Gasteiger partial charge in [0, 0.05) is 66.9 Å². The van der Waals surface area contributed by atoms with Crippen molar-refractivity contribution in [1.29, 1.82) is 0 Å². The van der Waals surface area contributed by atoms with Gasteiger partial charge in [-0.05, 0) is 48.5 Å². The van der Waals surface area contributed by atoms with Crippen molar-refractivity contribution in [1.82, 2.24) is 34.2 Å². The predicted molar refractivity (Wildman–Crippen MR) is 131 cm³/mol. The number of fused-ring (bicyclic) bond motifs is 3. The van der Waals surface area contributed by atoms with Crippen molar-refractivity contribution in [2.45, 2.75) is 0 Å². The van der Waals surface area contributed by atoms with Crippen LogP contribution in [0, 0.1) is 0 Å². The Kier molecular flexibility index (Phi) is 4.47. The minimum atomic E-state index is 0.913. The Balaban J connectivity index is 1.59. The summed E-state index contributed by atoms with van der Waals surface area (Å²) in [5.74, 6) is 0. The molecule has 0 fully saturated rings. The molecule has 3 N–H and O–H groups in total. The lowest BCUT2D eigenvalue weighted by Gasteiger charge is -2.16. The standard InChI is InChI=1S/C25H22N8/c1-26-7-8-28-18-4-5-24-23(13-18)22-3-2-6-29-25(22)33(24)21-15-19(31-11-9-27-17-31)14-20(16-21)32-12-10-30-32/h2-17,26,28,30H,1H3/b8-7-. The minimum Gasteiger partial charge on any atom is -0.393 e. The Morgan fingerprint density at radius 3 is 2.58 bits per heavy atom. The number of pyridine rings is 1. The molecular formula is C25H22N8. The summed E-state index contributed by atoms with van der Waals surface area (Å²) in [6, 6.07) is 16.9. The zero-order valence-corrected chi connectivity index (χ0v) is 18.0. The van der Waals surface area contributed by atoms with Gasteiger partial charge < -0.3 is 20.3 Å². The van der Waals surface area contributed by atoms with Gasteiger partial charge in [0.1, 0.15) is 5.65 Å². The van der Waals surface area contributed by atoms with Gasteiger partial charge >= 0.3 is 0 Å². The molecule has 162 valence electrons. The summed E-state index contributed by atoms with van der Waals surface area (Å²) < 4.78 is 6.21. The molecule has 6 aromatic rings. The number of hydrogen-bond donors (Lipinski definition) is 3. The molecule has 0 saturated carbocycles. The van der Waals surface area contributed by atoms with Crippen molar-refractivity contribution in [3.8, 4) is 17.1 Å². The second-order valence-corrected chi connectivity index (χ2v) is 7.70. The van der Waals surface area contributed by atoms with Gasteiger partial charge in [-0.1, -0.05) is 0 Å². The average molecular weight is 435 g/mol. The molecular weight excluding hydrogens is 412 g/mol. The van der Waals surface area contributed by atoms with Gasteiger partial charge in [-0.3, -0.25) is 9.25 Å². The average Bonchev–Trinajstić information content (AvgIpc) is 3.45. The monoisotopic (exact) mass is 434 g/mol. The largest absolute Gasteiger partial charge is 0.393 e. The normalized spacial score (nSPS) is 11.7. The van der Waals surface area contributed by atoms with Crippen LogP contribution in [0.15, 0.2) is 98.2 Å². The summed E-state index contributed by atoms with van der Waals surface area (Å²) in [6.07, 6.45) is 15.0. The fraction of sp³-hybridized carbons (Fsp3) is 0.0400. The number of anilines is 1. The third kappa shape index (κ3) is 3.25. The quantitative estimate of drug-likeness (QED) is 0.358. The van der Waals surface area contributed by atoms with Crippen LogP contribution in [0.1, 0.15) is 0 Å². The maximum atomic E-state index is 4.76. The lowest BCUT2D eigenvalue weighted by Crippen LogP contribution is -2.06. The molecule has 8 heteroatoms. The fourth-order valence-electron chi connectivity index (χ4n) is 4.14. The third-order valence-electron chi connectivity index (χ3n) is 5.69. The zero-order valence-electron chi connectivity index (χ0n) is 18.0. The van der Waals surface area contributed by atoms with Crippen LogP contribution in [-0.4, -0.2) is 35.9 Å². The van der Waals surface area contributed by atoms with Crippen molar-refractivity contribution in [2.24, 2.45) is 0 Å². The van der Waals surface area contributed by atoms with Gasteiger partial charge in [-0.15, -0.1) is 0 Å². The number of benzene rings is 2. The summed E-state index contributed by atoms with van der Waals surface area (Å²) in [5, 5.41) is 11.7. The van der Waals surface area contributed by atoms with Crippen LogP contribution in [-0.2, 0) is 0 Å². The Labute approximate surface area is 189 Å². The number of rotatable bonds is 6. The van der Waals surface area contributed by atoms with Gasteiger partial charge in [0.15, 0.2) is 0 Å². The van der Waals surface area contributed by atoms with Crippen LogP contribution in [0.3, 0.4) is 0 Å².